The van der Waals surface area contributed by atoms with Crippen LogP contribution < -0.4 is 10.6 Å². The van der Waals surface area contributed by atoms with Crippen LogP contribution in [0.4, 0.5) is 10.7 Å². The molecule has 2 rings (SSSR count). The van der Waals surface area contributed by atoms with E-state index >= 15 is 0 Å². The Kier molecular flexibility index (Phi) is 4.86. The van der Waals surface area contributed by atoms with E-state index in [1.54, 1.807) is 12.4 Å². The summed E-state index contributed by atoms with van der Waals surface area (Å²) < 4.78 is 1.73. The molecule has 0 spiro atoms. The van der Waals surface area contributed by atoms with Crippen molar-refractivity contribution in [2.75, 3.05) is 5.32 Å². The van der Waals surface area contributed by atoms with E-state index in [-0.39, 0.29) is 12.0 Å². The van der Waals surface area contributed by atoms with E-state index in [1.165, 1.54) is 0 Å². The summed E-state index contributed by atoms with van der Waals surface area (Å²) >= 11 is 6.60. The molecule has 0 fully saturated rings. The van der Waals surface area contributed by atoms with Gasteiger partial charge in [0.2, 0.25) is 5.95 Å². The van der Waals surface area contributed by atoms with E-state index in [2.05, 4.69) is 52.5 Å². The molecule has 1 heterocycles. The molecule has 0 saturated carbocycles. The highest BCUT2D eigenvalue weighted by molar-refractivity contribution is 9.10. The fourth-order valence-electron chi connectivity index (χ4n) is 1.35. The number of rotatable bonds is 3. The van der Waals surface area contributed by atoms with Crippen molar-refractivity contribution in [2.24, 2.45) is 0 Å². The van der Waals surface area contributed by atoms with Crippen LogP contribution in [0.15, 0.2) is 45.6 Å². The molecule has 2 amide bonds. The molecule has 2 N–H and O–H groups in total. The maximum atomic E-state index is 11.6. The molecular formula is C12H10Br2N4O. The number of urea groups is 1. The van der Waals surface area contributed by atoms with Crippen LogP contribution in [0.3, 0.4) is 0 Å². The van der Waals surface area contributed by atoms with Gasteiger partial charge in [-0.25, -0.2) is 14.8 Å². The first kappa shape index (κ1) is 14.0. The van der Waals surface area contributed by atoms with Crippen LogP contribution in [0.25, 0.3) is 0 Å². The minimum absolute atomic E-state index is 0.259. The fourth-order valence-corrected chi connectivity index (χ4v) is 2.00. The average molecular weight is 386 g/mol. The van der Waals surface area contributed by atoms with E-state index in [0.29, 0.717) is 6.54 Å². The van der Waals surface area contributed by atoms with Crippen molar-refractivity contribution < 1.29 is 4.79 Å². The fraction of sp³-hybridized carbons (Fsp3) is 0.0833. The Morgan fingerprint density at radius 2 is 1.89 bits per heavy atom. The topological polar surface area (TPSA) is 66.9 Å². The van der Waals surface area contributed by atoms with Crippen molar-refractivity contribution >= 4 is 43.8 Å². The number of halogens is 2. The van der Waals surface area contributed by atoms with E-state index in [0.717, 1.165) is 14.5 Å². The summed E-state index contributed by atoms with van der Waals surface area (Å²) in [6.07, 6.45) is 3.13. The highest BCUT2D eigenvalue weighted by Gasteiger charge is 2.03. The zero-order chi connectivity index (χ0) is 13.7. The van der Waals surface area contributed by atoms with Crippen LogP contribution in [-0.4, -0.2) is 16.0 Å². The quantitative estimate of drug-likeness (QED) is 0.851. The van der Waals surface area contributed by atoms with Crippen LogP contribution in [0.1, 0.15) is 5.56 Å². The van der Waals surface area contributed by atoms with Gasteiger partial charge in [-0.2, -0.15) is 0 Å². The van der Waals surface area contributed by atoms with E-state index in [4.69, 9.17) is 0 Å². The summed E-state index contributed by atoms with van der Waals surface area (Å²) in [5.41, 5.74) is 1.00. The van der Waals surface area contributed by atoms with Gasteiger partial charge in [-0.15, -0.1) is 0 Å². The number of benzene rings is 1. The lowest BCUT2D eigenvalue weighted by Crippen LogP contribution is -2.28. The third kappa shape index (κ3) is 4.60. The number of carbonyl (C=O) groups excluding carboxylic acids is 1. The maximum absolute atomic E-state index is 11.6. The Labute approximate surface area is 127 Å². The Morgan fingerprint density at radius 1 is 1.16 bits per heavy atom. The van der Waals surface area contributed by atoms with E-state index < -0.39 is 0 Å². The number of hydrogen-bond donors (Lipinski definition) is 2. The van der Waals surface area contributed by atoms with E-state index in [1.807, 2.05) is 24.3 Å². The van der Waals surface area contributed by atoms with Crippen LogP contribution in [0.5, 0.6) is 0 Å². The normalized spacial score (nSPS) is 10.0. The number of nitrogens with zero attached hydrogens (tertiary/aromatic N) is 2. The molecule has 0 aliphatic carbocycles. The summed E-state index contributed by atoms with van der Waals surface area (Å²) in [7, 11) is 0. The van der Waals surface area contributed by atoms with Gasteiger partial charge in [0.1, 0.15) is 0 Å². The first-order valence-electron chi connectivity index (χ1n) is 5.40. The molecule has 0 bridgehead atoms. The number of nitrogens with one attached hydrogen (secondary N) is 2. The molecule has 2 aromatic rings. The minimum atomic E-state index is -0.345. The van der Waals surface area contributed by atoms with Crippen molar-refractivity contribution in [1.82, 2.24) is 15.3 Å². The molecule has 0 unspecified atom stereocenters. The van der Waals surface area contributed by atoms with Gasteiger partial charge in [-0.1, -0.05) is 28.1 Å². The third-order valence-electron chi connectivity index (χ3n) is 2.19. The molecule has 0 atom stereocenters. The number of carbonyl (C=O) groups is 1. The Balaban J connectivity index is 1.86. The number of hydrogen-bond acceptors (Lipinski definition) is 3. The molecule has 19 heavy (non-hydrogen) atoms. The molecule has 1 aromatic heterocycles. The lowest BCUT2D eigenvalue weighted by atomic mass is 10.2. The van der Waals surface area contributed by atoms with Gasteiger partial charge in [0.25, 0.3) is 0 Å². The molecule has 5 nitrogen and oxygen atoms in total. The molecule has 0 aliphatic heterocycles. The first-order valence-corrected chi connectivity index (χ1v) is 6.99. The molecule has 98 valence electrons. The SMILES string of the molecule is O=C(NCc1cccc(Br)c1)Nc1ncc(Br)cn1. The Hall–Kier alpha value is -1.47. The third-order valence-corrected chi connectivity index (χ3v) is 3.09. The van der Waals surface area contributed by atoms with Crippen molar-refractivity contribution in [2.45, 2.75) is 6.54 Å². The van der Waals surface area contributed by atoms with Crippen molar-refractivity contribution in [3.05, 3.63) is 51.2 Å². The highest BCUT2D eigenvalue weighted by atomic mass is 79.9. The van der Waals surface area contributed by atoms with Crippen molar-refractivity contribution in [3.8, 4) is 0 Å². The molecule has 0 aliphatic rings. The lowest BCUT2D eigenvalue weighted by molar-refractivity contribution is 0.251. The van der Waals surface area contributed by atoms with Crippen molar-refractivity contribution in [3.63, 3.8) is 0 Å². The Bertz CT molecular complexity index is 574. The second-order valence-electron chi connectivity index (χ2n) is 3.66. The zero-order valence-corrected chi connectivity index (χ0v) is 12.9. The summed E-state index contributed by atoms with van der Waals surface area (Å²) in [5, 5.41) is 5.28. The van der Waals surface area contributed by atoms with Gasteiger partial charge in [-0.3, -0.25) is 5.32 Å². The number of anilines is 1. The molecule has 1 aromatic carbocycles. The standard InChI is InChI=1S/C12H10Br2N4O/c13-9-3-1-2-8(4-9)5-17-12(19)18-11-15-6-10(14)7-16-11/h1-4,6-7H,5H2,(H2,15,16,17,18,19). The first-order chi connectivity index (χ1) is 9.13. The van der Waals surface area contributed by atoms with Crippen molar-refractivity contribution in [1.29, 1.82) is 0 Å². The van der Waals surface area contributed by atoms with Crippen LogP contribution >= 0.6 is 31.9 Å². The second kappa shape index (κ2) is 6.63. The number of amides is 2. The van der Waals surface area contributed by atoms with Gasteiger partial charge < -0.3 is 5.32 Å². The second-order valence-corrected chi connectivity index (χ2v) is 5.49. The van der Waals surface area contributed by atoms with Gasteiger partial charge in [0.15, 0.2) is 0 Å². The maximum Gasteiger partial charge on any atom is 0.321 e. The number of aromatic nitrogens is 2. The molecular weight excluding hydrogens is 376 g/mol. The monoisotopic (exact) mass is 384 g/mol. The van der Waals surface area contributed by atoms with E-state index in [9.17, 15) is 4.79 Å². The summed E-state index contributed by atoms with van der Waals surface area (Å²) in [4.78, 5) is 19.5. The summed E-state index contributed by atoms with van der Waals surface area (Å²) in [6.45, 7) is 0.432. The minimum Gasteiger partial charge on any atom is -0.334 e. The predicted octanol–water partition coefficient (Wildman–Crippen LogP) is 3.32. The Morgan fingerprint density at radius 3 is 2.58 bits per heavy atom. The van der Waals surface area contributed by atoms with Gasteiger partial charge >= 0.3 is 6.03 Å². The summed E-state index contributed by atoms with van der Waals surface area (Å²) in [5.74, 6) is 0.259. The smallest absolute Gasteiger partial charge is 0.321 e. The molecule has 0 radical (unpaired) electrons. The van der Waals surface area contributed by atoms with Crippen LogP contribution in [-0.2, 0) is 6.54 Å². The van der Waals surface area contributed by atoms with Gasteiger partial charge in [0, 0.05) is 23.4 Å². The zero-order valence-electron chi connectivity index (χ0n) is 9.73. The predicted molar refractivity (Wildman–Crippen MR) is 79.7 cm³/mol. The van der Waals surface area contributed by atoms with Crippen LogP contribution in [0.2, 0.25) is 0 Å². The van der Waals surface area contributed by atoms with Gasteiger partial charge in [-0.05, 0) is 33.6 Å². The average Bonchev–Trinajstić information content (AvgIpc) is 2.39. The van der Waals surface area contributed by atoms with Crippen LogP contribution in [0, 0.1) is 0 Å². The summed E-state index contributed by atoms with van der Waals surface area (Å²) in [6, 6.07) is 7.37. The molecule has 7 heteroatoms. The molecule has 0 saturated heterocycles. The largest absolute Gasteiger partial charge is 0.334 e. The highest BCUT2D eigenvalue weighted by Crippen LogP contribution is 2.11. The van der Waals surface area contributed by atoms with Gasteiger partial charge in [0.05, 0.1) is 4.47 Å². The lowest BCUT2D eigenvalue weighted by Gasteiger charge is -2.06.